The first-order valence-corrected chi connectivity index (χ1v) is 9.81. The summed E-state index contributed by atoms with van der Waals surface area (Å²) < 4.78 is 5.50. The number of piperidine rings is 1. The molecule has 2 rings (SSSR count). The average molecular weight is 376 g/mol. The molecule has 1 saturated heterocycles. The maximum Gasteiger partial charge on any atom is 0.410 e. The van der Waals surface area contributed by atoms with Crippen LogP contribution in [-0.4, -0.2) is 53.7 Å². The number of urea groups is 1. The minimum Gasteiger partial charge on any atom is -0.444 e. The monoisotopic (exact) mass is 375 g/mol. The lowest BCUT2D eigenvalue weighted by Crippen LogP contribution is -2.57. The molecule has 0 radical (unpaired) electrons. The Kier molecular flexibility index (Phi) is 6.73. The topological polar surface area (TPSA) is 61.9 Å². The standard InChI is InChI=1S/C21H33N3O3/c1-6-23(7-2)18(25)22-21(17-11-9-8-10-12-17)13-15-24(16-14-21)19(26)27-20(3,4)5/h8-12H,6-7,13-16H2,1-5H3,(H,22,25). The van der Waals surface area contributed by atoms with E-state index in [-0.39, 0.29) is 12.1 Å². The molecule has 3 amide bonds. The van der Waals surface area contributed by atoms with Crippen molar-refractivity contribution in [2.45, 2.75) is 58.6 Å². The highest BCUT2D eigenvalue weighted by atomic mass is 16.6. The van der Waals surface area contributed by atoms with Gasteiger partial charge in [-0.15, -0.1) is 0 Å². The fourth-order valence-corrected chi connectivity index (χ4v) is 3.44. The molecule has 1 N–H and O–H groups in total. The van der Waals surface area contributed by atoms with Crippen LogP contribution in [0.3, 0.4) is 0 Å². The Morgan fingerprint density at radius 1 is 1.11 bits per heavy atom. The Morgan fingerprint density at radius 2 is 1.67 bits per heavy atom. The Balaban J connectivity index is 2.17. The minimum atomic E-state index is -0.512. The maximum atomic E-state index is 12.8. The second-order valence-electron chi connectivity index (χ2n) is 8.02. The van der Waals surface area contributed by atoms with E-state index in [2.05, 4.69) is 5.32 Å². The summed E-state index contributed by atoms with van der Waals surface area (Å²) in [4.78, 5) is 28.7. The minimum absolute atomic E-state index is 0.0606. The highest BCUT2D eigenvalue weighted by Gasteiger charge is 2.40. The number of rotatable bonds is 4. The Morgan fingerprint density at radius 3 is 2.15 bits per heavy atom. The van der Waals surface area contributed by atoms with E-state index in [0.717, 1.165) is 5.56 Å². The number of carbonyl (C=O) groups excluding carboxylic acids is 2. The molecule has 27 heavy (non-hydrogen) atoms. The van der Waals surface area contributed by atoms with Gasteiger partial charge in [0, 0.05) is 26.2 Å². The number of hydrogen-bond acceptors (Lipinski definition) is 3. The van der Waals surface area contributed by atoms with Crippen LogP contribution >= 0.6 is 0 Å². The van der Waals surface area contributed by atoms with E-state index in [0.29, 0.717) is 39.0 Å². The van der Waals surface area contributed by atoms with E-state index in [9.17, 15) is 9.59 Å². The molecule has 6 nitrogen and oxygen atoms in total. The van der Waals surface area contributed by atoms with Crippen molar-refractivity contribution in [2.75, 3.05) is 26.2 Å². The van der Waals surface area contributed by atoms with E-state index >= 15 is 0 Å². The highest BCUT2D eigenvalue weighted by Crippen LogP contribution is 2.33. The number of benzene rings is 1. The molecule has 1 aromatic carbocycles. The van der Waals surface area contributed by atoms with Gasteiger partial charge in [0.2, 0.25) is 0 Å². The highest BCUT2D eigenvalue weighted by molar-refractivity contribution is 5.75. The summed E-state index contributed by atoms with van der Waals surface area (Å²) in [6.07, 6.45) is 1.02. The molecular formula is C21H33N3O3. The molecule has 0 atom stereocenters. The maximum absolute atomic E-state index is 12.8. The molecule has 0 aromatic heterocycles. The van der Waals surface area contributed by atoms with Gasteiger partial charge in [-0.05, 0) is 53.0 Å². The molecule has 0 aliphatic carbocycles. The second kappa shape index (κ2) is 8.63. The van der Waals surface area contributed by atoms with Gasteiger partial charge in [0.25, 0.3) is 0 Å². The van der Waals surface area contributed by atoms with Gasteiger partial charge >= 0.3 is 12.1 Å². The first-order chi connectivity index (χ1) is 12.7. The first-order valence-electron chi connectivity index (χ1n) is 9.81. The Bertz CT molecular complexity index is 628. The van der Waals surface area contributed by atoms with Gasteiger partial charge in [-0.2, -0.15) is 0 Å². The Hall–Kier alpha value is -2.24. The van der Waals surface area contributed by atoms with Crippen LogP contribution in [0.15, 0.2) is 30.3 Å². The van der Waals surface area contributed by atoms with Crippen molar-refractivity contribution in [1.29, 1.82) is 0 Å². The predicted molar refractivity (Wildman–Crippen MR) is 107 cm³/mol. The van der Waals surface area contributed by atoms with Crippen molar-refractivity contribution in [2.24, 2.45) is 0 Å². The molecule has 0 spiro atoms. The fraction of sp³-hybridized carbons (Fsp3) is 0.619. The van der Waals surface area contributed by atoms with Crippen molar-refractivity contribution in [3.8, 4) is 0 Å². The molecule has 6 heteroatoms. The molecule has 0 bridgehead atoms. The SMILES string of the molecule is CCN(CC)C(=O)NC1(c2ccccc2)CCN(C(=O)OC(C)(C)C)CC1. The lowest BCUT2D eigenvalue weighted by molar-refractivity contribution is 0.0148. The number of nitrogens with zero attached hydrogens (tertiary/aromatic N) is 2. The summed E-state index contributed by atoms with van der Waals surface area (Å²) in [7, 11) is 0. The van der Waals surface area contributed by atoms with Crippen LogP contribution in [0.5, 0.6) is 0 Å². The number of likely N-dealkylation sites (tertiary alicyclic amines) is 1. The molecular weight excluding hydrogens is 342 g/mol. The predicted octanol–water partition coefficient (Wildman–Crippen LogP) is 3.96. The van der Waals surface area contributed by atoms with Gasteiger partial charge in [-0.25, -0.2) is 9.59 Å². The van der Waals surface area contributed by atoms with E-state index in [1.54, 1.807) is 9.80 Å². The summed E-state index contributed by atoms with van der Waals surface area (Å²) in [5, 5.41) is 3.27. The molecule has 1 aliphatic heterocycles. The van der Waals surface area contributed by atoms with E-state index in [4.69, 9.17) is 4.74 Å². The van der Waals surface area contributed by atoms with Crippen LogP contribution in [0.25, 0.3) is 0 Å². The van der Waals surface area contributed by atoms with Gasteiger partial charge < -0.3 is 19.9 Å². The second-order valence-corrected chi connectivity index (χ2v) is 8.02. The number of ether oxygens (including phenoxy) is 1. The lowest BCUT2D eigenvalue weighted by Gasteiger charge is -2.43. The number of carbonyl (C=O) groups is 2. The first kappa shape index (κ1) is 21.1. The number of amides is 3. The third-order valence-electron chi connectivity index (χ3n) is 4.99. The zero-order valence-corrected chi connectivity index (χ0v) is 17.2. The third kappa shape index (κ3) is 5.37. The van der Waals surface area contributed by atoms with Gasteiger partial charge in [-0.1, -0.05) is 30.3 Å². The summed E-state index contributed by atoms with van der Waals surface area (Å²) in [5.74, 6) is 0. The molecule has 1 fully saturated rings. The van der Waals surface area contributed by atoms with Crippen LogP contribution in [0.1, 0.15) is 53.0 Å². The van der Waals surface area contributed by atoms with Crippen LogP contribution in [0.4, 0.5) is 9.59 Å². The zero-order chi connectivity index (χ0) is 20.1. The van der Waals surface area contributed by atoms with Crippen molar-refractivity contribution in [3.63, 3.8) is 0 Å². The Labute approximate surface area is 162 Å². The molecule has 0 unspecified atom stereocenters. The average Bonchev–Trinajstić information content (AvgIpc) is 2.62. The van der Waals surface area contributed by atoms with Gasteiger partial charge in [0.1, 0.15) is 5.60 Å². The zero-order valence-electron chi connectivity index (χ0n) is 17.2. The van der Waals surface area contributed by atoms with Gasteiger partial charge in [0.05, 0.1) is 5.54 Å². The smallest absolute Gasteiger partial charge is 0.410 e. The number of hydrogen-bond donors (Lipinski definition) is 1. The van der Waals surface area contributed by atoms with Gasteiger partial charge in [-0.3, -0.25) is 0 Å². The molecule has 150 valence electrons. The van der Waals surface area contributed by atoms with Crippen molar-refractivity contribution < 1.29 is 14.3 Å². The lowest BCUT2D eigenvalue weighted by atomic mass is 9.81. The summed E-state index contributed by atoms with van der Waals surface area (Å²) in [6.45, 7) is 12.0. The van der Waals surface area contributed by atoms with E-state index in [1.807, 2.05) is 65.0 Å². The molecule has 1 heterocycles. The molecule has 0 saturated carbocycles. The third-order valence-corrected chi connectivity index (χ3v) is 4.99. The van der Waals surface area contributed by atoms with Gasteiger partial charge in [0.15, 0.2) is 0 Å². The van der Waals surface area contributed by atoms with Crippen LogP contribution in [-0.2, 0) is 10.3 Å². The summed E-state index contributed by atoms with van der Waals surface area (Å²) in [6, 6.07) is 9.98. The normalized spacial score (nSPS) is 16.6. The number of nitrogens with one attached hydrogen (secondary N) is 1. The van der Waals surface area contributed by atoms with E-state index in [1.165, 1.54) is 0 Å². The summed E-state index contributed by atoms with van der Waals surface area (Å²) in [5.41, 5.74) is 0.0934. The van der Waals surface area contributed by atoms with E-state index < -0.39 is 11.1 Å². The molecule has 1 aromatic rings. The van der Waals surface area contributed by atoms with Crippen LogP contribution < -0.4 is 5.32 Å². The van der Waals surface area contributed by atoms with Crippen molar-refractivity contribution in [1.82, 2.24) is 15.1 Å². The largest absolute Gasteiger partial charge is 0.444 e. The van der Waals surface area contributed by atoms with Crippen LogP contribution in [0.2, 0.25) is 0 Å². The quantitative estimate of drug-likeness (QED) is 0.866. The van der Waals surface area contributed by atoms with Crippen molar-refractivity contribution >= 4 is 12.1 Å². The molecule has 1 aliphatic rings. The van der Waals surface area contributed by atoms with Crippen molar-refractivity contribution in [3.05, 3.63) is 35.9 Å². The summed E-state index contributed by atoms with van der Waals surface area (Å²) >= 11 is 0. The van der Waals surface area contributed by atoms with Crippen LogP contribution in [0, 0.1) is 0 Å². The fourth-order valence-electron chi connectivity index (χ4n) is 3.44.